The molecular formula is C19H21NO3. The van der Waals surface area contributed by atoms with Crippen molar-refractivity contribution in [2.24, 2.45) is 0 Å². The predicted molar refractivity (Wildman–Crippen MR) is 89.7 cm³/mol. The Bertz CT molecular complexity index is 745. The van der Waals surface area contributed by atoms with E-state index < -0.39 is 12.0 Å². The van der Waals surface area contributed by atoms with E-state index in [1.54, 1.807) is 24.3 Å². The normalized spacial score (nSPS) is 11.8. The summed E-state index contributed by atoms with van der Waals surface area (Å²) in [5.74, 6) is -1.45. The van der Waals surface area contributed by atoms with Gasteiger partial charge in [-0.1, -0.05) is 41.5 Å². The molecule has 1 unspecified atom stereocenters. The van der Waals surface area contributed by atoms with Crippen LogP contribution in [-0.4, -0.2) is 17.0 Å². The Morgan fingerprint density at radius 1 is 1.00 bits per heavy atom. The molecule has 2 aromatic carbocycles. The van der Waals surface area contributed by atoms with Gasteiger partial charge in [-0.15, -0.1) is 0 Å². The zero-order valence-electron chi connectivity index (χ0n) is 13.8. The van der Waals surface area contributed by atoms with Gasteiger partial charge in [0.25, 0.3) is 5.91 Å². The van der Waals surface area contributed by atoms with E-state index in [9.17, 15) is 14.7 Å². The standard InChI is InChI=1S/C19H21NO3/c1-11-8-12(2)10-15(9-11)17(19(22)23)20-18(21)16-7-5-6-13(3)14(16)4/h5-10,17H,1-4H3,(H,20,21)(H,22,23). The van der Waals surface area contributed by atoms with Gasteiger partial charge in [-0.25, -0.2) is 4.79 Å². The van der Waals surface area contributed by atoms with Crippen LogP contribution in [0.4, 0.5) is 0 Å². The second kappa shape index (κ2) is 6.65. The highest BCUT2D eigenvalue weighted by Gasteiger charge is 2.24. The third-order valence-corrected chi connectivity index (χ3v) is 3.95. The summed E-state index contributed by atoms with van der Waals surface area (Å²) in [6.07, 6.45) is 0. The minimum atomic E-state index is -1.08. The van der Waals surface area contributed by atoms with Gasteiger partial charge in [0.1, 0.15) is 0 Å². The van der Waals surface area contributed by atoms with Gasteiger partial charge in [0.15, 0.2) is 6.04 Å². The molecule has 0 radical (unpaired) electrons. The average molecular weight is 311 g/mol. The molecule has 0 fully saturated rings. The van der Waals surface area contributed by atoms with E-state index in [-0.39, 0.29) is 5.91 Å². The molecule has 2 aromatic rings. The first-order valence-electron chi connectivity index (χ1n) is 7.47. The van der Waals surface area contributed by atoms with Crippen molar-refractivity contribution in [1.29, 1.82) is 0 Å². The summed E-state index contributed by atoms with van der Waals surface area (Å²) >= 11 is 0. The molecule has 1 amide bonds. The monoisotopic (exact) mass is 311 g/mol. The molecule has 4 heteroatoms. The fourth-order valence-corrected chi connectivity index (χ4v) is 2.67. The number of carbonyl (C=O) groups is 2. The van der Waals surface area contributed by atoms with Crippen molar-refractivity contribution in [1.82, 2.24) is 5.32 Å². The van der Waals surface area contributed by atoms with Crippen molar-refractivity contribution in [2.45, 2.75) is 33.7 Å². The number of carboxylic acids is 1. The molecule has 0 saturated heterocycles. The summed E-state index contributed by atoms with van der Waals surface area (Å²) in [4.78, 5) is 24.1. The van der Waals surface area contributed by atoms with E-state index in [1.165, 1.54) is 0 Å². The molecule has 23 heavy (non-hydrogen) atoms. The van der Waals surface area contributed by atoms with Crippen molar-refractivity contribution < 1.29 is 14.7 Å². The number of hydrogen-bond donors (Lipinski definition) is 2. The highest BCUT2D eigenvalue weighted by Crippen LogP contribution is 2.19. The minimum Gasteiger partial charge on any atom is -0.479 e. The van der Waals surface area contributed by atoms with Crippen LogP contribution in [0.1, 0.15) is 44.2 Å². The maximum atomic E-state index is 12.5. The molecule has 0 aliphatic rings. The van der Waals surface area contributed by atoms with Gasteiger partial charge in [-0.3, -0.25) is 4.79 Å². The summed E-state index contributed by atoms with van der Waals surface area (Å²) in [6.45, 7) is 7.59. The number of rotatable bonds is 4. The van der Waals surface area contributed by atoms with Crippen molar-refractivity contribution in [2.75, 3.05) is 0 Å². The van der Waals surface area contributed by atoms with Crippen LogP contribution in [0, 0.1) is 27.7 Å². The van der Waals surface area contributed by atoms with Gasteiger partial charge in [-0.05, 0) is 50.5 Å². The molecule has 0 heterocycles. The third kappa shape index (κ3) is 3.77. The maximum Gasteiger partial charge on any atom is 0.330 e. The zero-order chi connectivity index (χ0) is 17.1. The van der Waals surface area contributed by atoms with E-state index in [0.717, 1.165) is 22.3 Å². The smallest absolute Gasteiger partial charge is 0.330 e. The summed E-state index contributed by atoms with van der Waals surface area (Å²) in [5, 5.41) is 12.1. The van der Waals surface area contributed by atoms with Gasteiger partial charge in [-0.2, -0.15) is 0 Å². The van der Waals surface area contributed by atoms with E-state index in [4.69, 9.17) is 0 Å². The molecule has 0 aliphatic heterocycles. The number of hydrogen-bond acceptors (Lipinski definition) is 2. The molecule has 0 spiro atoms. The molecule has 4 nitrogen and oxygen atoms in total. The van der Waals surface area contributed by atoms with Gasteiger partial charge >= 0.3 is 5.97 Å². The zero-order valence-corrected chi connectivity index (χ0v) is 13.8. The number of nitrogens with one attached hydrogen (secondary N) is 1. The molecular weight excluding hydrogens is 290 g/mol. The first kappa shape index (κ1) is 16.7. The number of carbonyl (C=O) groups excluding carboxylic acids is 1. The second-order valence-electron chi connectivity index (χ2n) is 5.91. The number of aryl methyl sites for hydroxylation is 3. The Morgan fingerprint density at radius 3 is 2.17 bits per heavy atom. The molecule has 0 aromatic heterocycles. The van der Waals surface area contributed by atoms with Crippen molar-refractivity contribution in [3.8, 4) is 0 Å². The lowest BCUT2D eigenvalue weighted by Crippen LogP contribution is -2.34. The SMILES string of the molecule is Cc1cc(C)cc(C(NC(=O)c2cccc(C)c2C)C(=O)O)c1. The summed E-state index contributed by atoms with van der Waals surface area (Å²) < 4.78 is 0. The second-order valence-corrected chi connectivity index (χ2v) is 5.91. The quantitative estimate of drug-likeness (QED) is 0.908. The number of benzene rings is 2. The van der Waals surface area contributed by atoms with E-state index in [1.807, 2.05) is 39.8 Å². The fraction of sp³-hybridized carbons (Fsp3) is 0.263. The predicted octanol–water partition coefficient (Wildman–Crippen LogP) is 3.48. The van der Waals surface area contributed by atoms with Crippen LogP contribution >= 0.6 is 0 Å². The van der Waals surface area contributed by atoms with Gasteiger partial charge < -0.3 is 10.4 Å². The van der Waals surface area contributed by atoms with Crippen molar-refractivity contribution >= 4 is 11.9 Å². The Balaban J connectivity index is 2.35. The first-order valence-corrected chi connectivity index (χ1v) is 7.47. The largest absolute Gasteiger partial charge is 0.479 e. The summed E-state index contributed by atoms with van der Waals surface area (Å²) in [5.41, 5.74) is 4.86. The number of amides is 1. The lowest BCUT2D eigenvalue weighted by atomic mass is 9.99. The van der Waals surface area contributed by atoms with Crippen LogP contribution in [-0.2, 0) is 4.79 Å². The Kier molecular flexibility index (Phi) is 4.84. The maximum absolute atomic E-state index is 12.5. The Hall–Kier alpha value is -2.62. The molecule has 0 aliphatic carbocycles. The topological polar surface area (TPSA) is 66.4 Å². The average Bonchev–Trinajstić information content (AvgIpc) is 2.46. The lowest BCUT2D eigenvalue weighted by molar-refractivity contribution is -0.139. The van der Waals surface area contributed by atoms with Crippen LogP contribution < -0.4 is 5.32 Å². The number of carboxylic acid groups (broad SMARTS) is 1. The minimum absolute atomic E-state index is 0.377. The van der Waals surface area contributed by atoms with Crippen molar-refractivity contribution in [3.05, 3.63) is 69.8 Å². The van der Waals surface area contributed by atoms with Crippen molar-refractivity contribution in [3.63, 3.8) is 0 Å². The number of aliphatic carboxylic acids is 1. The van der Waals surface area contributed by atoms with Gasteiger partial charge in [0.05, 0.1) is 0 Å². The van der Waals surface area contributed by atoms with Crippen LogP contribution in [0.3, 0.4) is 0 Å². The summed E-state index contributed by atoms with van der Waals surface area (Å²) in [6, 6.07) is 9.90. The Labute approximate surface area is 136 Å². The van der Waals surface area contributed by atoms with Crippen LogP contribution in [0.5, 0.6) is 0 Å². The molecule has 0 bridgehead atoms. The molecule has 0 saturated carbocycles. The van der Waals surface area contributed by atoms with Gasteiger partial charge in [0, 0.05) is 5.56 Å². The first-order chi connectivity index (χ1) is 10.8. The van der Waals surface area contributed by atoms with Crippen LogP contribution in [0.25, 0.3) is 0 Å². The Morgan fingerprint density at radius 2 is 1.61 bits per heavy atom. The molecule has 2 N–H and O–H groups in total. The summed E-state index contributed by atoms with van der Waals surface area (Å²) in [7, 11) is 0. The van der Waals surface area contributed by atoms with E-state index in [2.05, 4.69) is 5.32 Å². The van der Waals surface area contributed by atoms with Gasteiger partial charge in [0.2, 0.25) is 0 Å². The highest BCUT2D eigenvalue weighted by molar-refractivity contribution is 5.98. The highest BCUT2D eigenvalue weighted by atomic mass is 16.4. The van der Waals surface area contributed by atoms with Crippen LogP contribution in [0.15, 0.2) is 36.4 Å². The molecule has 2 rings (SSSR count). The lowest BCUT2D eigenvalue weighted by Gasteiger charge is -2.17. The molecule has 120 valence electrons. The van der Waals surface area contributed by atoms with Crippen LogP contribution in [0.2, 0.25) is 0 Å². The van der Waals surface area contributed by atoms with E-state index in [0.29, 0.717) is 11.1 Å². The van der Waals surface area contributed by atoms with E-state index >= 15 is 0 Å². The third-order valence-electron chi connectivity index (χ3n) is 3.95. The molecule has 1 atom stereocenters. The fourth-order valence-electron chi connectivity index (χ4n) is 2.67.